The molecule has 0 aromatic rings. The second-order valence-electron chi connectivity index (χ2n) is 8.36. The number of hydrogen-bond donors (Lipinski definition) is 4. The predicted octanol–water partition coefficient (Wildman–Crippen LogP) is 1.11. The zero-order chi connectivity index (χ0) is 21.1. The fourth-order valence-electron chi connectivity index (χ4n) is 4.50. The van der Waals surface area contributed by atoms with E-state index in [-0.39, 0.29) is 18.4 Å². The third-order valence-corrected chi connectivity index (χ3v) is 6.08. The van der Waals surface area contributed by atoms with Gasteiger partial charge in [0.1, 0.15) is 6.04 Å². The third kappa shape index (κ3) is 7.93. The summed E-state index contributed by atoms with van der Waals surface area (Å²) in [5.74, 6) is -0.739. The maximum Gasteiger partial charge on any atom is 0.317 e. The Hall–Kier alpha value is -1.67. The van der Waals surface area contributed by atoms with Gasteiger partial charge in [0.2, 0.25) is 11.8 Å². The molecule has 2 unspecified atom stereocenters. The van der Waals surface area contributed by atoms with E-state index in [4.69, 9.17) is 5.11 Å². The van der Waals surface area contributed by atoms with E-state index in [1.165, 1.54) is 19.3 Å². The summed E-state index contributed by atoms with van der Waals surface area (Å²) in [6.07, 6.45) is 9.73. The number of carbonyl (C=O) groups is 3. The van der Waals surface area contributed by atoms with Gasteiger partial charge in [0.25, 0.3) is 0 Å². The number of rotatable bonds is 11. The molecule has 1 aliphatic carbocycles. The number of amides is 2. The summed E-state index contributed by atoms with van der Waals surface area (Å²) < 4.78 is 0. The van der Waals surface area contributed by atoms with Gasteiger partial charge in [0, 0.05) is 13.1 Å². The number of hydrogen-bond acceptors (Lipinski definition) is 5. The summed E-state index contributed by atoms with van der Waals surface area (Å²) in [7, 11) is 1.87. The van der Waals surface area contributed by atoms with Crippen LogP contribution in [0.1, 0.15) is 64.2 Å². The van der Waals surface area contributed by atoms with Crippen molar-refractivity contribution in [1.29, 1.82) is 0 Å². The van der Waals surface area contributed by atoms with Gasteiger partial charge in [-0.25, -0.2) is 0 Å². The Morgan fingerprint density at radius 3 is 2.45 bits per heavy atom. The molecule has 2 aliphatic rings. The molecular weight excluding hydrogens is 372 g/mol. The number of aliphatic carboxylic acids is 1. The highest BCUT2D eigenvalue weighted by Crippen LogP contribution is 2.28. The van der Waals surface area contributed by atoms with Crippen LogP contribution in [-0.4, -0.2) is 73.1 Å². The molecule has 1 aliphatic heterocycles. The van der Waals surface area contributed by atoms with Crippen molar-refractivity contribution in [2.75, 3.05) is 33.2 Å². The molecule has 29 heavy (non-hydrogen) atoms. The molecule has 0 aromatic heterocycles. The fourth-order valence-corrected chi connectivity index (χ4v) is 4.50. The average molecular weight is 411 g/mol. The zero-order valence-electron chi connectivity index (χ0n) is 17.8. The van der Waals surface area contributed by atoms with Crippen molar-refractivity contribution < 1.29 is 19.5 Å². The van der Waals surface area contributed by atoms with Crippen LogP contribution in [0.3, 0.4) is 0 Å². The second kappa shape index (κ2) is 12.8. The lowest BCUT2D eigenvalue weighted by Gasteiger charge is -2.38. The number of nitrogens with zero attached hydrogens (tertiary/aromatic N) is 1. The van der Waals surface area contributed by atoms with E-state index in [9.17, 15) is 14.4 Å². The number of nitrogens with one attached hydrogen (secondary N) is 3. The van der Waals surface area contributed by atoms with E-state index in [1.807, 2.05) is 7.05 Å². The minimum atomic E-state index is -0.969. The first-order valence-corrected chi connectivity index (χ1v) is 11.2. The quantitative estimate of drug-likeness (QED) is 0.380. The number of carbonyl (C=O) groups excluding carboxylic acids is 2. The Labute approximate surface area is 174 Å². The van der Waals surface area contributed by atoms with Crippen LogP contribution in [0.25, 0.3) is 0 Å². The fraction of sp³-hybridized carbons (Fsp3) is 0.857. The van der Waals surface area contributed by atoms with Gasteiger partial charge in [-0.3, -0.25) is 19.7 Å². The second-order valence-corrected chi connectivity index (χ2v) is 8.36. The van der Waals surface area contributed by atoms with Crippen LogP contribution in [-0.2, 0) is 14.4 Å². The molecule has 2 atom stereocenters. The van der Waals surface area contributed by atoms with Gasteiger partial charge in [0.15, 0.2) is 0 Å². The topological polar surface area (TPSA) is 111 Å². The Bertz CT molecular complexity index is 537. The van der Waals surface area contributed by atoms with Crippen LogP contribution in [0.4, 0.5) is 0 Å². The number of carboxylic acids is 1. The first kappa shape index (κ1) is 23.6. The van der Waals surface area contributed by atoms with E-state index in [0.29, 0.717) is 31.8 Å². The molecule has 0 aromatic carbocycles. The Kier molecular flexibility index (Phi) is 10.4. The maximum atomic E-state index is 13.4. The van der Waals surface area contributed by atoms with Gasteiger partial charge in [0.05, 0.1) is 12.6 Å². The molecule has 2 fully saturated rings. The molecule has 8 heteroatoms. The standard InChI is InChI=1S/C21H38N4O4/c1-22-11-7-12-23-20(28)18-10-5-6-13-25(18)21(29)17(24-15-19(26)27)14-16-8-3-2-4-9-16/h16-18,22,24H,2-15H2,1H3,(H,23,28)(H,26,27). The van der Waals surface area contributed by atoms with E-state index >= 15 is 0 Å². The van der Waals surface area contributed by atoms with Crippen LogP contribution < -0.4 is 16.0 Å². The third-order valence-electron chi connectivity index (χ3n) is 6.08. The first-order valence-electron chi connectivity index (χ1n) is 11.2. The summed E-state index contributed by atoms with van der Waals surface area (Å²) in [6, 6.07) is -0.988. The van der Waals surface area contributed by atoms with Crippen molar-refractivity contribution in [3.63, 3.8) is 0 Å². The summed E-state index contributed by atoms with van der Waals surface area (Å²) in [5, 5.41) is 18.0. The molecule has 166 valence electrons. The molecule has 0 bridgehead atoms. The summed E-state index contributed by atoms with van der Waals surface area (Å²) in [6.45, 7) is 1.73. The lowest BCUT2D eigenvalue weighted by atomic mass is 9.84. The van der Waals surface area contributed by atoms with Crippen molar-refractivity contribution in [2.45, 2.75) is 76.3 Å². The van der Waals surface area contributed by atoms with Gasteiger partial charge in [-0.1, -0.05) is 32.1 Å². The molecule has 1 saturated carbocycles. The van der Waals surface area contributed by atoms with Crippen molar-refractivity contribution in [3.8, 4) is 0 Å². The van der Waals surface area contributed by atoms with Crippen molar-refractivity contribution in [1.82, 2.24) is 20.9 Å². The highest BCUT2D eigenvalue weighted by atomic mass is 16.4. The summed E-state index contributed by atoms with van der Waals surface area (Å²) in [5.41, 5.74) is 0. The van der Waals surface area contributed by atoms with Crippen LogP contribution in [0.5, 0.6) is 0 Å². The number of likely N-dealkylation sites (tertiary alicyclic amines) is 1. The maximum absolute atomic E-state index is 13.4. The van der Waals surface area contributed by atoms with Crippen molar-refractivity contribution in [3.05, 3.63) is 0 Å². The Balaban J connectivity index is 2.01. The molecule has 1 saturated heterocycles. The summed E-state index contributed by atoms with van der Waals surface area (Å²) in [4.78, 5) is 38.8. The minimum absolute atomic E-state index is 0.0937. The van der Waals surface area contributed by atoms with E-state index < -0.39 is 18.1 Å². The van der Waals surface area contributed by atoms with Gasteiger partial charge < -0.3 is 20.6 Å². The Morgan fingerprint density at radius 2 is 1.76 bits per heavy atom. The molecule has 8 nitrogen and oxygen atoms in total. The normalized spacial score (nSPS) is 21.6. The lowest BCUT2D eigenvalue weighted by Crippen LogP contribution is -2.57. The number of piperidine rings is 1. The van der Waals surface area contributed by atoms with Crippen molar-refractivity contribution >= 4 is 17.8 Å². The monoisotopic (exact) mass is 410 g/mol. The molecule has 2 amide bonds. The van der Waals surface area contributed by atoms with E-state index in [0.717, 1.165) is 38.6 Å². The van der Waals surface area contributed by atoms with E-state index in [1.54, 1.807) is 4.90 Å². The lowest BCUT2D eigenvalue weighted by molar-refractivity contribution is -0.145. The van der Waals surface area contributed by atoms with Crippen molar-refractivity contribution in [2.24, 2.45) is 5.92 Å². The zero-order valence-corrected chi connectivity index (χ0v) is 17.8. The van der Waals surface area contributed by atoms with Gasteiger partial charge >= 0.3 is 5.97 Å². The molecule has 1 heterocycles. The smallest absolute Gasteiger partial charge is 0.317 e. The molecular formula is C21H38N4O4. The average Bonchev–Trinajstić information content (AvgIpc) is 2.74. The predicted molar refractivity (Wildman–Crippen MR) is 112 cm³/mol. The summed E-state index contributed by atoms with van der Waals surface area (Å²) >= 11 is 0. The van der Waals surface area contributed by atoms with Crippen LogP contribution in [0.15, 0.2) is 0 Å². The van der Waals surface area contributed by atoms with Gasteiger partial charge in [-0.2, -0.15) is 0 Å². The van der Waals surface area contributed by atoms with Crippen LogP contribution in [0, 0.1) is 5.92 Å². The van der Waals surface area contributed by atoms with Crippen LogP contribution in [0.2, 0.25) is 0 Å². The molecule has 0 spiro atoms. The molecule has 2 rings (SSSR count). The molecule has 0 radical (unpaired) electrons. The molecule has 4 N–H and O–H groups in total. The highest BCUT2D eigenvalue weighted by Gasteiger charge is 2.36. The van der Waals surface area contributed by atoms with Gasteiger partial charge in [-0.05, 0) is 51.6 Å². The first-order chi connectivity index (χ1) is 14.0. The largest absolute Gasteiger partial charge is 0.480 e. The minimum Gasteiger partial charge on any atom is -0.480 e. The van der Waals surface area contributed by atoms with Gasteiger partial charge in [-0.15, -0.1) is 0 Å². The van der Waals surface area contributed by atoms with Crippen LogP contribution >= 0.6 is 0 Å². The SMILES string of the molecule is CNCCCNC(=O)C1CCCCN1C(=O)C(CC1CCCCC1)NCC(=O)O. The highest BCUT2D eigenvalue weighted by molar-refractivity contribution is 5.90. The number of carboxylic acid groups (broad SMARTS) is 1. The Morgan fingerprint density at radius 1 is 1.03 bits per heavy atom. The van der Waals surface area contributed by atoms with E-state index in [2.05, 4.69) is 16.0 Å².